The van der Waals surface area contributed by atoms with E-state index >= 15 is 0 Å². The number of carbonyl (C=O) groups is 1. The molecule has 2 heterocycles. The lowest BCUT2D eigenvalue weighted by molar-refractivity contribution is -0.121. The van der Waals surface area contributed by atoms with E-state index in [1.807, 2.05) is 38.3 Å². The Morgan fingerprint density at radius 1 is 1.57 bits per heavy atom. The Morgan fingerprint density at radius 3 is 2.95 bits per heavy atom. The van der Waals surface area contributed by atoms with Gasteiger partial charge in [0.15, 0.2) is 5.82 Å². The summed E-state index contributed by atoms with van der Waals surface area (Å²) in [4.78, 5) is 17.6. The van der Waals surface area contributed by atoms with Gasteiger partial charge in [0.1, 0.15) is 0 Å². The van der Waals surface area contributed by atoms with Crippen molar-refractivity contribution >= 4 is 29.0 Å². The molecule has 1 atom stereocenters. The molecule has 21 heavy (non-hydrogen) atoms. The average Bonchev–Trinajstić information content (AvgIpc) is 3.08. The van der Waals surface area contributed by atoms with E-state index in [4.69, 9.17) is 0 Å². The Labute approximate surface area is 132 Å². The van der Waals surface area contributed by atoms with Gasteiger partial charge in [-0.3, -0.25) is 9.89 Å². The third kappa shape index (κ3) is 4.31. The van der Waals surface area contributed by atoms with Crippen LogP contribution >= 0.6 is 23.1 Å². The SMILES string of the molecule is CCC(C)(C)NC(=O)C(C)Sc1n[nH]c(-c2cccs2)n1. The van der Waals surface area contributed by atoms with Crippen molar-refractivity contribution in [2.45, 2.75) is 50.1 Å². The molecule has 2 N–H and O–H groups in total. The first-order valence-electron chi connectivity index (χ1n) is 6.86. The van der Waals surface area contributed by atoms with Gasteiger partial charge in [-0.05, 0) is 38.6 Å². The summed E-state index contributed by atoms with van der Waals surface area (Å²) in [5.74, 6) is 0.753. The number of aromatic amines is 1. The van der Waals surface area contributed by atoms with Gasteiger partial charge >= 0.3 is 0 Å². The second kappa shape index (κ2) is 6.62. The van der Waals surface area contributed by atoms with Crippen molar-refractivity contribution in [1.29, 1.82) is 0 Å². The van der Waals surface area contributed by atoms with Crippen molar-refractivity contribution in [1.82, 2.24) is 20.5 Å². The normalized spacial score (nSPS) is 13.1. The maximum atomic E-state index is 12.2. The van der Waals surface area contributed by atoms with Crippen LogP contribution in [0.4, 0.5) is 0 Å². The minimum absolute atomic E-state index is 0.00863. The van der Waals surface area contributed by atoms with E-state index in [0.717, 1.165) is 17.1 Å². The van der Waals surface area contributed by atoms with Crippen molar-refractivity contribution in [2.75, 3.05) is 0 Å². The second-order valence-electron chi connectivity index (χ2n) is 5.43. The molecule has 0 aliphatic rings. The molecular formula is C14H20N4OS2. The number of rotatable bonds is 6. The third-order valence-corrected chi connectivity index (χ3v) is 5.05. The molecule has 2 aromatic heterocycles. The Morgan fingerprint density at radius 2 is 2.33 bits per heavy atom. The van der Waals surface area contributed by atoms with Crippen molar-refractivity contribution < 1.29 is 4.79 Å². The number of thiophene rings is 1. The fraction of sp³-hybridized carbons (Fsp3) is 0.500. The summed E-state index contributed by atoms with van der Waals surface area (Å²) in [6.45, 7) is 7.96. The van der Waals surface area contributed by atoms with Crippen molar-refractivity contribution in [3.05, 3.63) is 17.5 Å². The van der Waals surface area contributed by atoms with Crippen LogP contribution in [0.1, 0.15) is 34.1 Å². The highest BCUT2D eigenvalue weighted by Crippen LogP contribution is 2.25. The highest BCUT2D eigenvalue weighted by Gasteiger charge is 2.23. The van der Waals surface area contributed by atoms with Gasteiger partial charge in [-0.15, -0.1) is 16.4 Å². The number of nitrogens with zero attached hydrogens (tertiary/aromatic N) is 2. The Kier molecular flexibility index (Phi) is 5.05. The average molecular weight is 324 g/mol. The summed E-state index contributed by atoms with van der Waals surface area (Å²) in [5, 5.41) is 12.5. The smallest absolute Gasteiger partial charge is 0.233 e. The zero-order valence-corrected chi connectivity index (χ0v) is 14.3. The van der Waals surface area contributed by atoms with E-state index in [-0.39, 0.29) is 16.7 Å². The highest BCUT2D eigenvalue weighted by molar-refractivity contribution is 8.00. The van der Waals surface area contributed by atoms with E-state index in [1.165, 1.54) is 11.8 Å². The van der Waals surface area contributed by atoms with Crippen LogP contribution in [0.25, 0.3) is 10.7 Å². The van der Waals surface area contributed by atoms with E-state index in [2.05, 4.69) is 27.4 Å². The Balaban J connectivity index is 1.97. The molecule has 0 bridgehead atoms. The van der Waals surface area contributed by atoms with Gasteiger partial charge in [0.25, 0.3) is 0 Å². The predicted molar refractivity (Wildman–Crippen MR) is 87.5 cm³/mol. The minimum atomic E-state index is -0.234. The monoisotopic (exact) mass is 324 g/mol. The van der Waals surface area contributed by atoms with Crippen molar-refractivity contribution in [3.63, 3.8) is 0 Å². The lowest BCUT2D eigenvalue weighted by Gasteiger charge is -2.26. The minimum Gasteiger partial charge on any atom is -0.350 e. The summed E-state index contributed by atoms with van der Waals surface area (Å²) in [6, 6.07) is 3.96. The summed E-state index contributed by atoms with van der Waals surface area (Å²) >= 11 is 2.96. The second-order valence-corrected chi connectivity index (χ2v) is 7.69. The first kappa shape index (κ1) is 16.0. The van der Waals surface area contributed by atoms with Crippen molar-refractivity contribution in [3.8, 4) is 10.7 Å². The number of aromatic nitrogens is 3. The molecule has 0 aliphatic carbocycles. The molecule has 114 valence electrons. The molecule has 2 aromatic rings. The van der Waals surface area contributed by atoms with E-state index in [1.54, 1.807) is 11.3 Å². The number of nitrogens with one attached hydrogen (secondary N) is 2. The fourth-order valence-electron chi connectivity index (χ4n) is 1.56. The van der Waals surface area contributed by atoms with Crippen LogP contribution in [0.15, 0.2) is 22.7 Å². The van der Waals surface area contributed by atoms with Gasteiger partial charge < -0.3 is 5.32 Å². The van der Waals surface area contributed by atoms with Gasteiger partial charge in [0.2, 0.25) is 11.1 Å². The highest BCUT2D eigenvalue weighted by atomic mass is 32.2. The van der Waals surface area contributed by atoms with Crippen LogP contribution in [0.5, 0.6) is 0 Å². The van der Waals surface area contributed by atoms with E-state index < -0.39 is 0 Å². The van der Waals surface area contributed by atoms with E-state index in [9.17, 15) is 4.79 Å². The van der Waals surface area contributed by atoms with Crippen LogP contribution in [-0.4, -0.2) is 31.9 Å². The molecule has 1 amide bonds. The summed E-state index contributed by atoms with van der Waals surface area (Å²) in [7, 11) is 0. The molecule has 0 spiro atoms. The topological polar surface area (TPSA) is 70.7 Å². The molecule has 7 heteroatoms. The lowest BCUT2D eigenvalue weighted by Crippen LogP contribution is -2.46. The molecule has 1 unspecified atom stereocenters. The number of thioether (sulfide) groups is 1. The Bertz CT molecular complexity index is 592. The van der Waals surface area contributed by atoms with Gasteiger partial charge in [-0.2, -0.15) is 0 Å². The maximum absolute atomic E-state index is 12.2. The third-order valence-electron chi connectivity index (χ3n) is 3.22. The lowest BCUT2D eigenvalue weighted by atomic mass is 10.0. The number of amides is 1. The van der Waals surface area contributed by atoms with Gasteiger partial charge in [0.05, 0.1) is 10.1 Å². The van der Waals surface area contributed by atoms with E-state index in [0.29, 0.717) is 5.16 Å². The van der Waals surface area contributed by atoms with Gasteiger partial charge in [-0.1, -0.05) is 24.8 Å². The number of H-pyrrole nitrogens is 1. The molecule has 0 fully saturated rings. The number of hydrogen-bond acceptors (Lipinski definition) is 5. The molecular weight excluding hydrogens is 304 g/mol. The first-order valence-corrected chi connectivity index (χ1v) is 8.62. The Hall–Kier alpha value is -1.34. The molecule has 0 saturated carbocycles. The van der Waals surface area contributed by atoms with Crippen LogP contribution in [0.2, 0.25) is 0 Å². The maximum Gasteiger partial charge on any atom is 0.233 e. The zero-order chi connectivity index (χ0) is 15.5. The molecule has 5 nitrogen and oxygen atoms in total. The van der Waals surface area contributed by atoms with Crippen molar-refractivity contribution in [2.24, 2.45) is 0 Å². The molecule has 2 rings (SSSR count). The van der Waals surface area contributed by atoms with Crippen LogP contribution in [0.3, 0.4) is 0 Å². The number of hydrogen-bond donors (Lipinski definition) is 2. The largest absolute Gasteiger partial charge is 0.350 e. The molecule has 0 aliphatic heterocycles. The quantitative estimate of drug-likeness (QED) is 0.800. The summed E-state index contributed by atoms with van der Waals surface area (Å²) < 4.78 is 0. The summed E-state index contributed by atoms with van der Waals surface area (Å²) in [6.07, 6.45) is 0.888. The van der Waals surface area contributed by atoms with Crippen LogP contribution in [0, 0.1) is 0 Å². The zero-order valence-electron chi connectivity index (χ0n) is 12.6. The number of carbonyl (C=O) groups excluding carboxylic acids is 1. The summed E-state index contributed by atoms with van der Waals surface area (Å²) in [5.41, 5.74) is -0.187. The molecule has 0 aromatic carbocycles. The van der Waals surface area contributed by atoms with Gasteiger partial charge in [0, 0.05) is 5.54 Å². The molecule has 0 saturated heterocycles. The predicted octanol–water partition coefficient (Wildman–Crippen LogP) is 3.32. The van der Waals surface area contributed by atoms with Crippen LogP contribution in [-0.2, 0) is 4.79 Å². The fourth-order valence-corrected chi connectivity index (χ4v) is 2.95. The first-order chi connectivity index (χ1) is 9.91. The standard InChI is InChI=1S/C14H20N4OS2/c1-5-14(3,4)16-12(19)9(2)21-13-15-11(17-18-13)10-7-6-8-20-10/h6-9H,5H2,1-4H3,(H,16,19)(H,15,17,18). The molecule has 0 radical (unpaired) electrons. The van der Waals surface area contributed by atoms with Crippen LogP contribution < -0.4 is 5.32 Å². The van der Waals surface area contributed by atoms with Gasteiger partial charge in [-0.25, -0.2) is 4.98 Å².